The molecular formula is C16H28N4. The van der Waals surface area contributed by atoms with Crippen LogP contribution in [-0.4, -0.2) is 49.7 Å². The zero-order valence-corrected chi connectivity index (χ0v) is 13.1. The summed E-state index contributed by atoms with van der Waals surface area (Å²) in [6.07, 6.45) is 3.13. The minimum atomic E-state index is 0.682. The summed E-state index contributed by atoms with van der Waals surface area (Å²) in [5, 5.41) is 3.53. The van der Waals surface area contributed by atoms with Gasteiger partial charge in [-0.2, -0.15) is 0 Å². The lowest BCUT2D eigenvalue weighted by Gasteiger charge is -2.24. The number of rotatable bonds is 5. The van der Waals surface area contributed by atoms with Gasteiger partial charge in [-0.15, -0.1) is 0 Å². The van der Waals surface area contributed by atoms with Crippen molar-refractivity contribution in [2.75, 3.05) is 44.7 Å². The molecule has 2 rings (SSSR count). The quantitative estimate of drug-likeness (QED) is 0.891. The molecule has 0 amide bonds. The fourth-order valence-corrected chi connectivity index (χ4v) is 2.61. The molecule has 1 aliphatic heterocycles. The van der Waals surface area contributed by atoms with E-state index >= 15 is 0 Å². The first kappa shape index (κ1) is 15.3. The van der Waals surface area contributed by atoms with Gasteiger partial charge in [0.2, 0.25) is 0 Å². The van der Waals surface area contributed by atoms with Gasteiger partial charge in [0.15, 0.2) is 0 Å². The van der Waals surface area contributed by atoms with E-state index in [0.717, 1.165) is 32.7 Å². The molecule has 0 radical (unpaired) electrons. The predicted octanol–water partition coefficient (Wildman–Crippen LogP) is 1.97. The summed E-state index contributed by atoms with van der Waals surface area (Å²) in [4.78, 5) is 9.48. The molecule has 0 saturated carbocycles. The van der Waals surface area contributed by atoms with Crippen LogP contribution in [0.3, 0.4) is 0 Å². The van der Waals surface area contributed by atoms with Crippen LogP contribution in [0, 0.1) is 5.92 Å². The van der Waals surface area contributed by atoms with Crippen molar-refractivity contribution < 1.29 is 0 Å². The van der Waals surface area contributed by atoms with Gasteiger partial charge in [-0.3, -0.25) is 0 Å². The third-order valence-corrected chi connectivity index (χ3v) is 3.75. The Labute approximate surface area is 123 Å². The molecule has 4 heteroatoms. The maximum absolute atomic E-state index is 4.63. The lowest BCUT2D eigenvalue weighted by atomic mass is 10.2. The van der Waals surface area contributed by atoms with E-state index < -0.39 is 0 Å². The van der Waals surface area contributed by atoms with Crippen LogP contribution < -0.4 is 10.2 Å². The second kappa shape index (κ2) is 7.60. The summed E-state index contributed by atoms with van der Waals surface area (Å²) in [5.74, 6) is 1.85. The molecule has 0 bridgehead atoms. The minimum Gasteiger partial charge on any atom is -0.355 e. The molecule has 20 heavy (non-hydrogen) atoms. The Bertz CT molecular complexity index is 405. The van der Waals surface area contributed by atoms with E-state index in [9.17, 15) is 0 Å². The number of nitrogens with zero attached hydrogens (tertiary/aromatic N) is 3. The highest BCUT2D eigenvalue weighted by Crippen LogP contribution is 2.18. The molecule has 112 valence electrons. The van der Waals surface area contributed by atoms with Crippen molar-refractivity contribution in [3.63, 3.8) is 0 Å². The van der Waals surface area contributed by atoms with Crippen LogP contribution in [-0.2, 0) is 6.54 Å². The Morgan fingerprint density at radius 2 is 2.10 bits per heavy atom. The second-order valence-corrected chi connectivity index (χ2v) is 6.15. The van der Waals surface area contributed by atoms with Gasteiger partial charge < -0.3 is 15.1 Å². The maximum Gasteiger partial charge on any atom is 0.133 e. The van der Waals surface area contributed by atoms with Crippen LogP contribution in [0.1, 0.15) is 25.8 Å². The topological polar surface area (TPSA) is 31.4 Å². The van der Waals surface area contributed by atoms with Crippen LogP contribution in [0.15, 0.2) is 18.3 Å². The first-order chi connectivity index (χ1) is 9.66. The first-order valence-corrected chi connectivity index (χ1v) is 7.75. The lowest BCUT2D eigenvalue weighted by Crippen LogP contribution is -2.31. The molecule has 1 aromatic heterocycles. The zero-order chi connectivity index (χ0) is 14.4. The van der Waals surface area contributed by atoms with Crippen LogP contribution in [0.5, 0.6) is 0 Å². The van der Waals surface area contributed by atoms with E-state index in [1.165, 1.54) is 24.3 Å². The Kier molecular flexibility index (Phi) is 5.80. The Hall–Kier alpha value is -1.13. The van der Waals surface area contributed by atoms with Gasteiger partial charge in [0.25, 0.3) is 0 Å². The number of hydrogen-bond donors (Lipinski definition) is 1. The van der Waals surface area contributed by atoms with E-state index in [2.05, 4.69) is 47.1 Å². The van der Waals surface area contributed by atoms with Crippen molar-refractivity contribution in [2.24, 2.45) is 5.92 Å². The van der Waals surface area contributed by atoms with Gasteiger partial charge in [-0.25, -0.2) is 4.98 Å². The average molecular weight is 276 g/mol. The fraction of sp³-hybridized carbons (Fsp3) is 0.688. The van der Waals surface area contributed by atoms with E-state index in [0.29, 0.717) is 5.92 Å². The van der Waals surface area contributed by atoms with Crippen molar-refractivity contribution in [3.05, 3.63) is 23.9 Å². The highest BCUT2D eigenvalue weighted by molar-refractivity contribution is 5.46. The van der Waals surface area contributed by atoms with E-state index in [-0.39, 0.29) is 0 Å². The monoisotopic (exact) mass is 276 g/mol. The first-order valence-electron chi connectivity index (χ1n) is 7.75. The molecule has 1 N–H and O–H groups in total. The normalized spacial score (nSPS) is 17.5. The SMILES string of the molecule is CC(C)CNCc1cccnc1N1CCCN(C)CC1. The molecule has 1 aliphatic rings. The molecule has 1 fully saturated rings. The molecule has 0 spiro atoms. The third kappa shape index (κ3) is 4.46. The molecular weight excluding hydrogens is 248 g/mol. The summed E-state index contributed by atoms with van der Waals surface area (Å²) in [6.45, 7) is 10.9. The average Bonchev–Trinajstić information content (AvgIpc) is 2.64. The van der Waals surface area contributed by atoms with Gasteiger partial charge >= 0.3 is 0 Å². The van der Waals surface area contributed by atoms with Crippen LogP contribution in [0.2, 0.25) is 0 Å². The second-order valence-electron chi connectivity index (χ2n) is 6.15. The number of pyridine rings is 1. The highest BCUT2D eigenvalue weighted by atomic mass is 15.2. The van der Waals surface area contributed by atoms with E-state index in [4.69, 9.17) is 0 Å². The number of likely N-dealkylation sites (N-methyl/N-ethyl adjacent to an activating group) is 1. The summed E-state index contributed by atoms with van der Waals surface area (Å²) >= 11 is 0. The Morgan fingerprint density at radius 3 is 2.90 bits per heavy atom. The smallest absolute Gasteiger partial charge is 0.133 e. The Morgan fingerprint density at radius 1 is 1.25 bits per heavy atom. The standard InChI is InChI=1S/C16H28N4/c1-14(2)12-17-13-15-6-4-7-18-16(15)20-9-5-8-19(3)10-11-20/h4,6-7,14,17H,5,8-13H2,1-3H3. The van der Waals surface area contributed by atoms with Crippen LogP contribution in [0.25, 0.3) is 0 Å². The summed E-state index contributed by atoms with van der Waals surface area (Å²) in [5.41, 5.74) is 1.32. The van der Waals surface area contributed by atoms with Gasteiger partial charge in [-0.05, 0) is 38.5 Å². The van der Waals surface area contributed by atoms with E-state index in [1.54, 1.807) is 0 Å². The molecule has 1 saturated heterocycles. The van der Waals surface area contributed by atoms with Gasteiger partial charge in [0.1, 0.15) is 5.82 Å². The number of hydrogen-bond acceptors (Lipinski definition) is 4. The molecule has 0 aromatic carbocycles. The van der Waals surface area contributed by atoms with Crippen molar-refractivity contribution in [2.45, 2.75) is 26.8 Å². The minimum absolute atomic E-state index is 0.682. The highest BCUT2D eigenvalue weighted by Gasteiger charge is 2.16. The summed E-state index contributed by atoms with van der Waals surface area (Å²) < 4.78 is 0. The van der Waals surface area contributed by atoms with Gasteiger partial charge in [0.05, 0.1) is 0 Å². The Balaban J connectivity index is 2.02. The summed E-state index contributed by atoms with van der Waals surface area (Å²) in [7, 11) is 2.20. The third-order valence-electron chi connectivity index (χ3n) is 3.75. The molecule has 0 aliphatic carbocycles. The molecule has 0 atom stereocenters. The molecule has 2 heterocycles. The molecule has 0 unspecified atom stereocenters. The maximum atomic E-state index is 4.63. The van der Waals surface area contributed by atoms with Gasteiger partial charge in [0, 0.05) is 37.9 Å². The number of aromatic nitrogens is 1. The van der Waals surface area contributed by atoms with Crippen molar-refractivity contribution in [3.8, 4) is 0 Å². The fourth-order valence-electron chi connectivity index (χ4n) is 2.61. The number of nitrogens with one attached hydrogen (secondary N) is 1. The van der Waals surface area contributed by atoms with Gasteiger partial charge in [-0.1, -0.05) is 19.9 Å². The molecule has 1 aromatic rings. The van der Waals surface area contributed by atoms with E-state index in [1.807, 2.05) is 12.3 Å². The predicted molar refractivity (Wildman–Crippen MR) is 85.1 cm³/mol. The van der Waals surface area contributed by atoms with Crippen LogP contribution in [0.4, 0.5) is 5.82 Å². The van der Waals surface area contributed by atoms with Crippen LogP contribution >= 0.6 is 0 Å². The zero-order valence-electron chi connectivity index (χ0n) is 13.1. The van der Waals surface area contributed by atoms with Crippen molar-refractivity contribution in [1.29, 1.82) is 0 Å². The lowest BCUT2D eigenvalue weighted by molar-refractivity contribution is 0.360. The summed E-state index contributed by atoms with van der Waals surface area (Å²) in [6, 6.07) is 4.24. The van der Waals surface area contributed by atoms with Crippen molar-refractivity contribution >= 4 is 5.82 Å². The molecule has 4 nitrogen and oxygen atoms in total. The largest absolute Gasteiger partial charge is 0.355 e. The van der Waals surface area contributed by atoms with Crippen molar-refractivity contribution in [1.82, 2.24) is 15.2 Å². The number of anilines is 1.